The van der Waals surface area contributed by atoms with E-state index in [1.165, 1.54) is 12.1 Å². The zero-order valence-corrected chi connectivity index (χ0v) is 13.3. The second-order valence-corrected chi connectivity index (χ2v) is 5.99. The quantitative estimate of drug-likeness (QED) is 0.797. The van der Waals surface area contributed by atoms with Gasteiger partial charge >= 0.3 is 5.97 Å². The minimum absolute atomic E-state index is 0.0997. The molecule has 126 valence electrons. The molecule has 0 saturated carbocycles. The number of ether oxygens (including phenoxy) is 3. The van der Waals surface area contributed by atoms with E-state index >= 15 is 0 Å². The van der Waals surface area contributed by atoms with Gasteiger partial charge in [-0.15, -0.1) is 0 Å². The van der Waals surface area contributed by atoms with Crippen LogP contribution in [0.15, 0.2) is 12.1 Å². The number of rotatable bonds is 4. The third-order valence-electron chi connectivity index (χ3n) is 4.27. The second-order valence-electron chi connectivity index (χ2n) is 5.99. The lowest BCUT2D eigenvalue weighted by molar-refractivity contribution is -0.150. The molecule has 0 aliphatic carbocycles. The van der Waals surface area contributed by atoms with Gasteiger partial charge in [-0.3, -0.25) is 9.69 Å². The van der Waals surface area contributed by atoms with Gasteiger partial charge < -0.3 is 14.2 Å². The average molecular weight is 323 g/mol. The summed E-state index contributed by atoms with van der Waals surface area (Å²) >= 11 is 0. The largest absolute Gasteiger partial charge is 0.467 e. The van der Waals surface area contributed by atoms with Crippen molar-refractivity contribution in [2.45, 2.75) is 32.9 Å². The van der Waals surface area contributed by atoms with Gasteiger partial charge in [0.15, 0.2) is 6.79 Å². The third kappa shape index (κ3) is 3.82. The number of fused-ring (bicyclic) bond motifs is 1. The molecular weight excluding hydrogens is 301 g/mol. The maximum absolute atomic E-state index is 13.8. The molecule has 1 saturated heterocycles. The van der Waals surface area contributed by atoms with Crippen molar-refractivity contribution in [3.8, 4) is 5.75 Å². The molecule has 0 amide bonds. The van der Waals surface area contributed by atoms with Crippen LogP contribution in [0.25, 0.3) is 0 Å². The number of nitrogens with zero attached hydrogens (tertiary/aromatic N) is 1. The van der Waals surface area contributed by atoms with Crippen molar-refractivity contribution >= 4 is 5.97 Å². The SMILES string of the molecule is CCOC(=O)[C@@H]1CCCN(Cc2cc(F)cc3c2OCOC3)C1. The van der Waals surface area contributed by atoms with Gasteiger partial charge in [0.25, 0.3) is 0 Å². The number of piperidine rings is 1. The molecule has 0 radical (unpaired) electrons. The van der Waals surface area contributed by atoms with Gasteiger partial charge in [-0.25, -0.2) is 4.39 Å². The maximum Gasteiger partial charge on any atom is 0.310 e. The van der Waals surface area contributed by atoms with Crippen molar-refractivity contribution in [2.75, 3.05) is 26.5 Å². The highest BCUT2D eigenvalue weighted by Gasteiger charge is 2.28. The normalized spacial score (nSPS) is 21.4. The minimum Gasteiger partial charge on any atom is -0.467 e. The Morgan fingerprint density at radius 1 is 1.48 bits per heavy atom. The Bertz CT molecular complexity index is 578. The molecule has 2 heterocycles. The van der Waals surface area contributed by atoms with E-state index in [0.717, 1.165) is 36.3 Å². The number of hydrogen-bond acceptors (Lipinski definition) is 5. The first-order valence-corrected chi connectivity index (χ1v) is 8.08. The fourth-order valence-corrected chi connectivity index (χ4v) is 3.27. The zero-order chi connectivity index (χ0) is 16.2. The number of benzene rings is 1. The summed E-state index contributed by atoms with van der Waals surface area (Å²) < 4.78 is 29.7. The molecule has 0 bridgehead atoms. The number of carbonyl (C=O) groups is 1. The van der Waals surface area contributed by atoms with Gasteiger partial charge in [0.2, 0.25) is 0 Å². The molecule has 6 heteroatoms. The zero-order valence-electron chi connectivity index (χ0n) is 13.3. The standard InChI is InChI=1S/C17H22FNO4/c1-2-22-17(20)12-4-3-5-19(8-12)9-13-6-15(18)7-14-10-21-11-23-16(13)14/h6-7,12H,2-5,8-11H2,1H3/t12-/m1/s1. The highest BCUT2D eigenvalue weighted by molar-refractivity contribution is 5.72. The Hall–Kier alpha value is -1.66. The topological polar surface area (TPSA) is 48.0 Å². The Morgan fingerprint density at radius 2 is 2.35 bits per heavy atom. The van der Waals surface area contributed by atoms with Crippen molar-refractivity contribution in [1.82, 2.24) is 4.90 Å². The lowest BCUT2D eigenvalue weighted by Crippen LogP contribution is -2.39. The molecule has 1 aromatic rings. The summed E-state index contributed by atoms with van der Waals surface area (Å²) in [6, 6.07) is 2.97. The summed E-state index contributed by atoms with van der Waals surface area (Å²) in [6.07, 6.45) is 1.78. The lowest BCUT2D eigenvalue weighted by atomic mass is 9.97. The van der Waals surface area contributed by atoms with Crippen LogP contribution in [-0.4, -0.2) is 37.4 Å². The monoisotopic (exact) mass is 323 g/mol. The van der Waals surface area contributed by atoms with Gasteiger partial charge in [0.1, 0.15) is 11.6 Å². The van der Waals surface area contributed by atoms with E-state index in [-0.39, 0.29) is 24.5 Å². The molecule has 0 aromatic heterocycles. The lowest BCUT2D eigenvalue weighted by Gasteiger charge is -2.32. The van der Waals surface area contributed by atoms with E-state index in [1.54, 1.807) is 0 Å². The fraction of sp³-hybridized carbons (Fsp3) is 0.588. The summed E-state index contributed by atoms with van der Waals surface area (Å²) in [7, 11) is 0. The molecule has 1 aromatic carbocycles. The molecule has 2 aliphatic heterocycles. The molecule has 1 atom stereocenters. The molecule has 0 unspecified atom stereocenters. The van der Waals surface area contributed by atoms with Crippen LogP contribution in [0.1, 0.15) is 30.9 Å². The van der Waals surface area contributed by atoms with Crippen molar-refractivity contribution < 1.29 is 23.4 Å². The Kier molecular flexibility index (Phi) is 5.13. The molecule has 0 N–H and O–H groups in total. The summed E-state index contributed by atoms with van der Waals surface area (Å²) in [5.74, 6) is 0.197. The van der Waals surface area contributed by atoms with Crippen LogP contribution >= 0.6 is 0 Å². The van der Waals surface area contributed by atoms with Crippen molar-refractivity contribution in [3.05, 3.63) is 29.1 Å². The molecule has 1 fully saturated rings. The number of hydrogen-bond donors (Lipinski definition) is 0. The third-order valence-corrected chi connectivity index (χ3v) is 4.27. The van der Waals surface area contributed by atoms with Crippen LogP contribution in [0.2, 0.25) is 0 Å². The molecular formula is C17H22FNO4. The van der Waals surface area contributed by atoms with Crippen LogP contribution in [0.3, 0.4) is 0 Å². The Balaban J connectivity index is 1.71. The van der Waals surface area contributed by atoms with Gasteiger partial charge in [0, 0.05) is 24.2 Å². The number of halogens is 1. The minimum atomic E-state index is -0.285. The van der Waals surface area contributed by atoms with E-state index in [1.807, 2.05) is 6.92 Å². The van der Waals surface area contributed by atoms with Gasteiger partial charge in [-0.1, -0.05) is 0 Å². The number of likely N-dealkylation sites (tertiary alicyclic amines) is 1. The predicted octanol–water partition coefficient (Wildman–Crippen LogP) is 2.47. The fourth-order valence-electron chi connectivity index (χ4n) is 3.27. The van der Waals surface area contributed by atoms with Crippen LogP contribution in [0, 0.1) is 11.7 Å². The number of esters is 1. The summed E-state index contributed by atoms with van der Waals surface area (Å²) in [6.45, 7) is 4.87. The molecule has 23 heavy (non-hydrogen) atoms. The van der Waals surface area contributed by atoms with E-state index in [4.69, 9.17) is 14.2 Å². The van der Waals surface area contributed by atoms with Crippen LogP contribution < -0.4 is 4.74 Å². The maximum atomic E-state index is 13.8. The first-order valence-electron chi connectivity index (χ1n) is 8.08. The first-order chi connectivity index (χ1) is 11.2. The summed E-state index contributed by atoms with van der Waals surface area (Å²) in [5, 5.41) is 0. The summed E-state index contributed by atoms with van der Waals surface area (Å²) in [5.41, 5.74) is 1.55. The Labute approximate surface area is 135 Å². The van der Waals surface area contributed by atoms with Crippen LogP contribution in [-0.2, 0) is 27.4 Å². The van der Waals surface area contributed by atoms with E-state index < -0.39 is 0 Å². The van der Waals surface area contributed by atoms with E-state index in [2.05, 4.69) is 4.90 Å². The van der Waals surface area contributed by atoms with Crippen LogP contribution in [0.5, 0.6) is 5.75 Å². The summed E-state index contributed by atoms with van der Waals surface area (Å²) in [4.78, 5) is 14.1. The highest BCUT2D eigenvalue weighted by Crippen LogP contribution is 2.31. The van der Waals surface area contributed by atoms with E-state index in [0.29, 0.717) is 26.3 Å². The molecule has 5 nitrogen and oxygen atoms in total. The van der Waals surface area contributed by atoms with E-state index in [9.17, 15) is 9.18 Å². The van der Waals surface area contributed by atoms with Gasteiger partial charge in [0.05, 0.1) is 19.1 Å². The average Bonchev–Trinajstić information content (AvgIpc) is 2.55. The Morgan fingerprint density at radius 3 is 3.17 bits per heavy atom. The first kappa shape index (κ1) is 16.2. The smallest absolute Gasteiger partial charge is 0.310 e. The molecule has 2 aliphatic rings. The van der Waals surface area contributed by atoms with Crippen molar-refractivity contribution in [1.29, 1.82) is 0 Å². The molecule has 0 spiro atoms. The van der Waals surface area contributed by atoms with Crippen molar-refractivity contribution in [2.24, 2.45) is 5.92 Å². The van der Waals surface area contributed by atoms with Gasteiger partial charge in [-0.05, 0) is 38.4 Å². The highest BCUT2D eigenvalue weighted by atomic mass is 19.1. The molecule has 3 rings (SSSR count). The number of carbonyl (C=O) groups excluding carboxylic acids is 1. The predicted molar refractivity (Wildman–Crippen MR) is 81.3 cm³/mol. The van der Waals surface area contributed by atoms with Crippen LogP contribution in [0.4, 0.5) is 4.39 Å². The van der Waals surface area contributed by atoms with Gasteiger partial charge in [-0.2, -0.15) is 0 Å². The second kappa shape index (κ2) is 7.27. The van der Waals surface area contributed by atoms with Crippen molar-refractivity contribution in [3.63, 3.8) is 0 Å².